The van der Waals surface area contributed by atoms with Gasteiger partial charge in [0.15, 0.2) is 35.4 Å². The molecule has 14 heteroatoms. The maximum absolute atomic E-state index is 11.9. The number of hydrogen-bond acceptors (Lipinski definition) is 13. The molecule has 1 aromatic carbocycles. The summed E-state index contributed by atoms with van der Waals surface area (Å²) >= 11 is 0. The molecule has 1 fully saturated rings. The van der Waals surface area contributed by atoms with Crippen LogP contribution in [0.15, 0.2) is 41.8 Å². The van der Waals surface area contributed by atoms with E-state index in [2.05, 4.69) is 25.4 Å². The number of fused-ring (bicyclic) bond motifs is 1. The van der Waals surface area contributed by atoms with Crippen LogP contribution in [-0.2, 0) is 33.3 Å². The molecule has 0 bridgehead atoms. The molecule has 1 N–H and O–H groups in total. The van der Waals surface area contributed by atoms with Gasteiger partial charge in [0.1, 0.15) is 12.7 Å². The molecule has 0 spiro atoms. The Bertz CT molecular complexity index is 1300. The van der Waals surface area contributed by atoms with Crippen molar-refractivity contribution in [2.24, 2.45) is 5.18 Å². The zero-order valence-corrected chi connectivity index (χ0v) is 19.5. The van der Waals surface area contributed by atoms with Crippen molar-refractivity contribution < 1.29 is 33.3 Å². The highest BCUT2D eigenvalue weighted by Crippen LogP contribution is 2.37. The monoisotopic (exact) mass is 498 g/mol. The summed E-state index contributed by atoms with van der Waals surface area (Å²) < 4.78 is 23.3. The lowest BCUT2D eigenvalue weighted by molar-refractivity contribution is -0.166. The Morgan fingerprint density at radius 2 is 1.72 bits per heavy atom. The minimum absolute atomic E-state index is 0.134. The summed E-state index contributed by atoms with van der Waals surface area (Å²) in [6.45, 7) is 3.31. The van der Waals surface area contributed by atoms with E-state index < -0.39 is 42.4 Å². The molecule has 0 aliphatic carbocycles. The lowest BCUT2D eigenvalue weighted by atomic mass is 10.1. The van der Waals surface area contributed by atoms with Gasteiger partial charge in [-0.3, -0.25) is 19.0 Å². The molecule has 0 amide bonds. The molecule has 188 valence electrons. The van der Waals surface area contributed by atoms with Gasteiger partial charge in [0, 0.05) is 31.6 Å². The van der Waals surface area contributed by atoms with Crippen LogP contribution >= 0.6 is 0 Å². The number of esters is 3. The first-order valence-corrected chi connectivity index (χ1v) is 10.8. The number of carbonyl (C=O) groups excluding carboxylic acids is 3. The summed E-state index contributed by atoms with van der Waals surface area (Å²) in [5.41, 5.74) is 1.08. The second-order valence-electron chi connectivity index (χ2n) is 7.79. The fourth-order valence-corrected chi connectivity index (χ4v) is 3.79. The second kappa shape index (κ2) is 10.4. The first-order valence-electron chi connectivity index (χ1n) is 10.8. The predicted molar refractivity (Wildman–Crippen MR) is 122 cm³/mol. The molecule has 1 aliphatic rings. The molecular weight excluding hydrogens is 476 g/mol. The quantitative estimate of drug-likeness (QED) is 0.273. The van der Waals surface area contributed by atoms with Crippen molar-refractivity contribution in [3.8, 4) is 0 Å². The largest absolute Gasteiger partial charge is 0.463 e. The van der Waals surface area contributed by atoms with Crippen LogP contribution in [-0.4, -0.2) is 62.3 Å². The van der Waals surface area contributed by atoms with E-state index in [0.717, 1.165) is 0 Å². The number of carbonyl (C=O) groups is 3. The number of hydrogen-bond donors (Lipinski definition) is 1. The van der Waals surface area contributed by atoms with Gasteiger partial charge in [0.25, 0.3) is 5.95 Å². The van der Waals surface area contributed by atoms with Crippen molar-refractivity contribution in [2.75, 3.05) is 11.9 Å². The SMILES string of the molecule is CC(=O)OC[C@H]1O[C@@H](n2cnc3c(Nc4ccccc4)nc(N=O)nc32)[C@H](OC(C)=O)[C@@H]1OC(C)=O. The maximum atomic E-state index is 11.9. The second-order valence-corrected chi connectivity index (χ2v) is 7.79. The van der Waals surface area contributed by atoms with Gasteiger partial charge in [-0.25, -0.2) is 4.98 Å². The van der Waals surface area contributed by atoms with Crippen molar-refractivity contribution in [1.29, 1.82) is 0 Å². The van der Waals surface area contributed by atoms with Gasteiger partial charge in [0.05, 0.1) is 6.33 Å². The summed E-state index contributed by atoms with van der Waals surface area (Å²) in [6, 6.07) is 9.05. The molecule has 36 heavy (non-hydrogen) atoms. The van der Waals surface area contributed by atoms with E-state index in [1.54, 1.807) is 12.1 Å². The number of para-hydroxylation sites is 1. The third kappa shape index (κ3) is 5.27. The number of nitrogens with zero attached hydrogens (tertiary/aromatic N) is 5. The zero-order valence-electron chi connectivity index (χ0n) is 19.5. The van der Waals surface area contributed by atoms with Crippen molar-refractivity contribution in [2.45, 2.75) is 45.3 Å². The number of rotatable bonds is 8. The van der Waals surface area contributed by atoms with Crippen LogP contribution in [0.3, 0.4) is 0 Å². The molecule has 1 aliphatic heterocycles. The number of anilines is 2. The number of benzene rings is 1. The highest BCUT2D eigenvalue weighted by molar-refractivity contribution is 5.86. The smallest absolute Gasteiger partial charge is 0.303 e. The van der Waals surface area contributed by atoms with Gasteiger partial charge in [-0.2, -0.15) is 9.97 Å². The number of ether oxygens (including phenoxy) is 4. The van der Waals surface area contributed by atoms with Crippen molar-refractivity contribution in [3.63, 3.8) is 0 Å². The Hall–Kier alpha value is -4.46. The van der Waals surface area contributed by atoms with Crippen LogP contribution in [0, 0.1) is 4.91 Å². The van der Waals surface area contributed by atoms with Crippen molar-refractivity contribution in [1.82, 2.24) is 19.5 Å². The minimum atomic E-state index is -1.16. The highest BCUT2D eigenvalue weighted by Gasteiger charge is 2.51. The normalized spacial score (nSPS) is 21.1. The fourth-order valence-electron chi connectivity index (χ4n) is 3.79. The van der Waals surface area contributed by atoms with E-state index in [9.17, 15) is 19.3 Å². The number of nitrogens with one attached hydrogen (secondary N) is 1. The van der Waals surface area contributed by atoms with Crippen molar-refractivity contribution in [3.05, 3.63) is 41.6 Å². The summed E-state index contributed by atoms with van der Waals surface area (Å²) in [5, 5.41) is 5.92. The van der Waals surface area contributed by atoms with Crippen LogP contribution in [0.1, 0.15) is 27.0 Å². The first-order chi connectivity index (χ1) is 17.3. The highest BCUT2D eigenvalue weighted by atomic mass is 16.7. The number of nitroso groups, excluding NO2 is 1. The molecule has 14 nitrogen and oxygen atoms in total. The van der Waals surface area contributed by atoms with Crippen LogP contribution in [0.2, 0.25) is 0 Å². The number of imidazole rings is 1. The molecular formula is C22H22N6O8. The number of aromatic nitrogens is 4. The van der Waals surface area contributed by atoms with E-state index >= 15 is 0 Å². The molecule has 2 aromatic heterocycles. The van der Waals surface area contributed by atoms with Gasteiger partial charge in [-0.05, 0) is 12.1 Å². The first kappa shape index (κ1) is 24.7. The molecule has 0 unspecified atom stereocenters. The Morgan fingerprint density at radius 3 is 2.36 bits per heavy atom. The summed E-state index contributed by atoms with van der Waals surface area (Å²) in [6.07, 6.45) is -3.00. The summed E-state index contributed by atoms with van der Waals surface area (Å²) in [5.74, 6) is -2.08. The molecule has 4 atom stereocenters. The van der Waals surface area contributed by atoms with E-state index in [1.807, 2.05) is 18.2 Å². The van der Waals surface area contributed by atoms with Crippen LogP contribution in [0.25, 0.3) is 11.2 Å². The lowest BCUT2D eigenvalue weighted by Gasteiger charge is -2.23. The topological polar surface area (TPSA) is 173 Å². The molecule has 0 saturated carbocycles. The Balaban J connectivity index is 1.78. The molecule has 3 heterocycles. The van der Waals surface area contributed by atoms with Crippen molar-refractivity contribution >= 4 is 46.5 Å². The van der Waals surface area contributed by atoms with E-state index in [0.29, 0.717) is 5.69 Å². The Labute approximate surface area is 203 Å². The van der Waals surface area contributed by atoms with Crippen LogP contribution in [0.5, 0.6) is 0 Å². The average molecular weight is 498 g/mol. The van der Waals surface area contributed by atoms with Gasteiger partial charge in [-0.15, -0.1) is 4.91 Å². The fraction of sp³-hybridized carbons (Fsp3) is 0.364. The minimum Gasteiger partial charge on any atom is -0.463 e. The van der Waals surface area contributed by atoms with Crippen LogP contribution < -0.4 is 5.32 Å². The molecule has 3 aromatic rings. The summed E-state index contributed by atoms with van der Waals surface area (Å²) in [7, 11) is 0. The van der Waals surface area contributed by atoms with Gasteiger partial charge in [0.2, 0.25) is 0 Å². The predicted octanol–water partition coefficient (Wildman–Crippen LogP) is 2.29. The van der Waals surface area contributed by atoms with E-state index in [1.165, 1.54) is 31.7 Å². The lowest BCUT2D eigenvalue weighted by Crippen LogP contribution is -2.40. The standard InChI is InChI=1S/C22H22N6O8/c1-11(29)33-9-15-17(34-12(2)30)18(35-13(3)31)21(36-15)28-10-23-16-19(24-14-7-5-4-6-8-14)25-22(27-32)26-20(16)28/h4-8,10,15,17-18,21H,9H2,1-3H3,(H,24,25,26)/t15-,17-,18-,21-/m1/s1. The molecule has 4 rings (SSSR count). The van der Waals surface area contributed by atoms with E-state index in [-0.39, 0.29) is 29.5 Å². The van der Waals surface area contributed by atoms with E-state index in [4.69, 9.17) is 18.9 Å². The Morgan fingerprint density at radius 1 is 1.03 bits per heavy atom. The maximum Gasteiger partial charge on any atom is 0.303 e. The summed E-state index contributed by atoms with van der Waals surface area (Å²) in [4.78, 5) is 59.1. The van der Waals surface area contributed by atoms with Gasteiger partial charge in [-0.1, -0.05) is 18.2 Å². The third-order valence-corrected chi connectivity index (χ3v) is 5.14. The Kier molecular flexibility index (Phi) is 7.15. The zero-order chi connectivity index (χ0) is 25.8. The average Bonchev–Trinajstić information content (AvgIpc) is 3.39. The van der Waals surface area contributed by atoms with Gasteiger partial charge >= 0.3 is 17.9 Å². The van der Waals surface area contributed by atoms with Crippen LogP contribution in [0.4, 0.5) is 17.5 Å². The third-order valence-electron chi connectivity index (χ3n) is 5.14. The van der Waals surface area contributed by atoms with Gasteiger partial charge < -0.3 is 24.3 Å². The molecule has 0 radical (unpaired) electrons. The molecule has 1 saturated heterocycles.